The molecule has 6 nitrogen and oxygen atoms in total. The van der Waals surface area contributed by atoms with Crippen molar-refractivity contribution in [3.63, 3.8) is 0 Å². The molecule has 0 radical (unpaired) electrons. The van der Waals surface area contributed by atoms with Crippen LogP contribution < -0.4 is 4.74 Å². The van der Waals surface area contributed by atoms with E-state index in [0.717, 1.165) is 39.4 Å². The highest BCUT2D eigenvalue weighted by Gasteiger charge is 2.13. The molecule has 0 spiro atoms. The van der Waals surface area contributed by atoms with Crippen LogP contribution in [0.5, 0.6) is 11.5 Å². The SMILES string of the molecule is c1ccc(-n2c3ccccc3c3ccc(Oc4cccc(-n5nccn5)c4)cc32)nc1. The lowest BCUT2D eigenvalue weighted by atomic mass is 10.1. The Kier molecular flexibility index (Phi) is 3.99. The first-order valence-corrected chi connectivity index (χ1v) is 9.96. The van der Waals surface area contributed by atoms with E-state index in [1.54, 1.807) is 17.2 Å². The van der Waals surface area contributed by atoms with Crippen LogP contribution >= 0.6 is 0 Å². The number of hydrogen-bond acceptors (Lipinski definition) is 4. The largest absolute Gasteiger partial charge is 0.457 e. The standard InChI is InChI=1S/C25H17N5O/c1-2-9-23-21(8-1)22-12-11-20(17-24(22)29(23)25-10-3-4-13-26-25)31-19-7-5-6-18(16-19)30-27-14-15-28-30/h1-17H. The number of fused-ring (bicyclic) bond motifs is 3. The minimum atomic E-state index is 0.717. The highest BCUT2D eigenvalue weighted by molar-refractivity contribution is 6.09. The van der Waals surface area contributed by atoms with Gasteiger partial charge in [0.25, 0.3) is 0 Å². The fourth-order valence-corrected chi connectivity index (χ4v) is 3.90. The Balaban J connectivity index is 1.48. The smallest absolute Gasteiger partial charge is 0.137 e. The van der Waals surface area contributed by atoms with E-state index in [4.69, 9.17) is 4.74 Å². The molecule has 0 bridgehead atoms. The van der Waals surface area contributed by atoms with E-state index >= 15 is 0 Å². The second-order valence-corrected chi connectivity index (χ2v) is 7.14. The molecule has 0 unspecified atom stereocenters. The average Bonchev–Trinajstić information content (AvgIpc) is 3.46. The summed E-state index contributed by atoms with van der Waals surface area (Å²) in [5, 5.41) is 10.7. The molecule has 6 rings (SSSR count). The van der Waals surface area contributed by atoms with Crippen molar-refractivity contribution in [1.82, 2.24) is 24.5 Å². The van der Waals surface area contributed by atoms with Gasteiger partial charge in [0.05, 0.1) is 29.1 Å². The van der Waals surface area contributed by atoms with Gasteiger partial charge in [0.15, 0.2) is 0 Å². The molecule has 0 aliphatic rings. The number of para-hydroxylation sites is 1. The lowest BCUT2D eigenvalue weighted by Gasteiger charge is -2.09. The van der Waals surface area contributed by atoms with Crippen molar-refractivity contribution in [3.8, 4) is 23.0 Å². The fourth-order valence-electron chi connectivity index (χ4n) is 3.90. The zero-order valence-electron chi connectivity index (χ0n) is 16.5. The summed E-state index contributed by atoms with van der Waals surface area (Å²) in [5.74, 6) is 2.34. The molecular formula is C25H17N5O. The number of hydrogen-bond donors (Lipinski definition) is 0. The van der Waals surface area contributed by atoms with Gasteiger partial charge in [-0.1, -0.05) is 30.3 Å². The molecule has 0 atom stereocenters. The molecule has 0 aliphatic heterocycles. The number of ether oxygens (including phenoxy) is 1. The Morgan fingerprint density at radius 1 is 0.613 bits per heavy atom. The van der Waals surface area contributed by atoms with Crippen molar-refractivity contribution in [3.05, 3.63) is 104 Å². The third-order valence-corrected chi connectivity index (χ3v) is 5.23. The maximum Gasteiger partial charge on any atom is 0.137 e. The number of aromatic nitrogens is 5. The maximum absolute atomic E-state index is 6.21. The van der Waals surface area contributed by atoms with Gasteiger partial charge in [0.2, 0.25) is 0 Å². The second-order valence-electron chi connectivity index (χ2n) is 7.14. The summed E-state index contributed by atoms with van der Waals surface area (Å²) >= 11 is 0. The minimum Gasteiger partial charge on any atom is -0.457 e. The van der Waals surface area contributed by atoms with Crippen molar-refractivity contribution in [2.45, 2.75) is 0 Å². The summed E-state index contributed by atoms with van der Waals surface area (Å²) in [6.07, 6.45) is 5.11. The molecule has 0 saturated carbocycles. The summed E-state index contributed by atoms with van der Waals surface area (Å²) in [6.45, 7) is 0. The quantitative estimate of drug-likeness (QED) is 0.387. The highest BCUT2D eigenvalue weighted by Crippen LogP contribution is 2.34. The zero-order valence-corrected chi connectivity index (χ0v) is 16.5. The van der Waals surface area contributed by atoms with Crippen LogP contribution in [0.15, 0.2) is 104 Å². The summed E-state index contributed by atoms with van der Waals surface area (Å²) in [7, 11) is 0. The van der Waals surface area contributed by atoms with Crippen LogP contribution in [0.4, 0.5) is 0 Å². The van der Waals surface area contributed by atoms with Gasteiger partial charge in [-0.05, 0) is 42.5 Å². The van der Waals surface area contributed by atoms with Crippen LogP contribution in [0.1, 0.15) is 0 Å². The van der Waals surface area contributed by atoms with Crippen molar-refractivity contribution < 1.29 is 4.74 Å². The predicted octanol–water partition coefficient (Wildman–Crippen LogP) is 5.55. The molecule has 0 fully saturated rings. The van der Waals surface area contributed by atoms with E-state index in [9.17, 15) is 0 Å². The van der Waals surface area contributed by atoms with Crippen LogP contribution in [0.2, 0.25) is 0 Å². The zero-order chi connectivity index (χ0) is 20.6. The number of benzene rings is 3. The first-order valence-electron chi connectivity index (χ1n) is 9.96. The van der Waals surface area contributed by atoms with E-state index in [1.807, 2.05) is 60.8 Å². The molecule has 0 amide bonds. The van der Waals surface area contributed by atoms with Gasteiger partial charge >= 0.3 is 0 Å². The molecule has 6 aromatic rings. The lowest BCUT2D eigenvalue weighted by molar-refractivity contribution is 0.482. The molecule has 6 heteroatoms. The molecule has 0 N–H and O–H groups in total. The summed E-state index contributed by atoms with van der Waals surface area (Å²) in [4.78, 5) is 6.15. The Morgan fingerprint density at radius 2 is 1.42 bits per heavy atom. The number of rotatable bonds is 4. The van der Waals surface area contributed by atoms with Crippen molar-refractivity contribution >= 4 is 21.8 Å². The van der Waals surface area contributed by atoms with Crippen LogP contribution in [0, 0.1) is 0 Å². The summed E-state index contributed by atoms with van der Waals surface area (Å²) in [5.41, 5.74) is 2.99. The van der Waals surface area contributed by atoms with Crippen LogP contribution in [0.3, 0.4) is 0 Å². The number of nitrogens with zero attached hydrogens (tertiary/aromatic N) is 5. The maximum atomic E-state index is 6.21. The number of pyridine rings is 1. The molecule has 31 heavy (non-hydrogen) atoms. The van der Waals surface area contributed by atoms with Gasteiger partial charge in [0, 0.05) is 29.1 Å². The van der Waals surface area contributed by atoms with E-state index < -0.39 is 0 Å². The first kappa shape index (κ1) is 17.4. The Hall–Kier alpha value is -4.45. The normalized spacial score (nSPS) is 11.2. The Labute approximate surface area is 178 Å². The van der Waals surface area contributed by atoms with Crippen molar-refractivity contribution in [1.29, 1.82) is 0 Å². The van der Waals surface area contributed by atoms with Gasteiger partial charge in [-0.3, -0.25) is 4.57 Å². The Morgan fingerprint density at radius 3 is 2.29 bits per heavy atom. The third kappa shape index (κ3) is 3.02. The van der Waals surface area contributed by atoms with Gasteiger partial charge in [-0.15, -0.1) is 0 Å². The van der Waals surface area contributed by atoms with Gasteiger partial charge in [-0.2, -0.15) is 15.0 Å². The van der Waals surface area contributed by atoms with Gasteiger partial charge in [0.1, 0.15) is 17.3 Å². The van der Waals surface area contributed by atoms with E-state index in [1.165, 1.54) is 5.39 Å². The lowest BCUT2D eigenvalue weighted by Crippen LogP contribution is -1.98. The average molecular weight is 403 g/mol. The summed E-state index contributed by atoms with van der Waals surface area (Å²) in [6, 6.07) is 28.2. The van der Waals surface area contributed by atoms with Gasteiger partial charge in [-0.25, -0.2) is 4.98 Å². The monoisotopic (exact) mass is 403 g/mol. The van der Waals surface area contributed by atoms with Crippen LogP contribution in [-0.4, -0.2) is 24.5 Å². The predicted molar refractivity (Wildman–Crippen MR) is 120 cm³/mol. The van der Waals surface area contributed by atoms with Crippen molar-refractivity contribution in [2.24, 2.45) is 0 Å². The second kappa shape index (κ2) is 7.11. The van der Waals surface area contributed by atoms with Crippen LogP contribution in [0.25, 0.3) is 33.3 Å². The third-order valence-electron chi connectivity index (χ3n) is 5.23. The highest BCUT2D eigenvalue weighted by atomic mass is 16.5. The molecule has 3 aromatic heterocycles. The molecular weight excluding hydrogens is 386 g/mol. The molecule has 0 saturated heterocycles. The van der Waals surface area contributed by atoms with E-state index in [2.05, 4.69) is 50.1 Å². The fraction of sp³-hybridized carbons (Fsp3) is 0. The van der Waals surface area contributed by atoms with Crippen molar-refractivity contribution in [2.75, 3.05) is 0 Å². The minimum absolute atomic E-state index is 0.717. The first-order chi connectivity index (χ1) is 15.4. The van der Waals surface area contributed by atoms with E-state index in [-0.39, 0.29) is 0 Å². The Bertz CT molecular complexity index is 1500. The molecule has 0 aliphatic carbocycles. The summed E-state index contributed by atoms with van der Waals surface area (Å²) < 4.78 is 8.38. The molecule has 3 aromatic carbocycles. The topological polar surface area (TPSA) is 57.8 Å². The van der Waals surface area contributed by atoms with E-state index in [0.29, 0.717) is 0 Å². The van der Waals surface area contributed by atoms with Gasteiger partial charge < -0.3 is 4.74 Å². The van der Waals surface area contributed by atoms with Crippen LogP contribution in [-0.2, 0) is 0 Å². The molecule has 148 valence electrons. The molecule has 3 heterocycles.